The summed E-state index contributed by atoms with van der Waals surface area (Å²) in [7, 11) is -1.31. The van der Waals surface area contributed by atoms with Crippen molar-refractivity contribution in [2.24, 2.45) is 0 Å². The number of aromatic nitrogens is 3. The number of nitrogens with zero attached hydrogens (tertiary/aromatic N) is 4. The highest BCUT2D eigenvalue weighted by Gasteiger charge is 2.21. The van der Waals surface area contributed by atoms with Gasteiger partial charge in [-0.2, -0.15) is 17.7 Å². The standard InChI is InChI=1S/C12H16N6O4S/c1-7-5-13-8(2)10(14-7)16-12-15-9(6-22-12)11(19)17-23(20,21)18(3)4/h5-6H,1-4H3,(H,17,19)(H,14,15,16). The molecule has 2 heterocycles. The third-order valence-electron chi connectivity index (χ3n) is 2.74. The molecular weight excluding hydrogens is 324 g/mol. The van der Waals surface area contributed by atoms with E-state index in [0.29, 0.717) is 17.2 Å². The topological polar surface area (TPSA) is 130 Å². The summed E-state index contributed by atoms with van der Waals surface area (Å²) in [6.45, 7) is 3.52. The molecule has 0 aliphatic heterocycles. The molecule has 0 unspecified atom stereocenters. The summed E-state index contributed by atoms with van der Waals surface area (Å²) in [5, 5.41) is 2.78. The summed E-state index contributed by atoms with van der Waals surface area (Å²) < 4.78 is 31.0. The van der Waals surface area contributed by atoms with E-state index < -0.39 is 16.1 Å². The van der Waals surface area contributed by atoms with Gasteiger partial charge in [-0.25, -0.2) is 9.71 Å². The molecule has 0 bridgehead atoms. The van der Waals surface area contributed by atoms with Crippen molar-refractivity contribution < 1.29 is 17.6 Å². The van der Waals surface area contributed by atoms with E-state index in [0.717, 1.165) is 10.6 Å². The van der Waals surface area contributed by atoms with Crippen LogP contribution in [0.5, 0.6) is 0 Å². The van der Waals surface area contributed by atoms with Gasteiger partial charge in [-0.1, -0.05) is 0 Å². The first kappa shape index (κ1) is 16.8. The zero-order chi connectivity index (χ0) is 17.2. The fraction of sp³-hybridized carbons (Fsp3) is 0.333. The minimum absolute atomic E-state index is 0.000371. The normalized spacial score (nSPS) is 11.5. The number of carbonyl (C=O) groups is 1. The van der Waals surface area contributed by atoms with E-state index in [2.05, 4.69) is 20.3 Å². The van der Waals surface area contributed by atoms with Gasteiger partial charge in [0.25, 0.3) is 5.91 Å². The van der Waals surface area contributed by atoms with Crippen molar-refractivity contribution in [2.75, 3.05) is 19.4 Å². The monoisotopic (exact) mass is 340 g/mol. The van der Waals surface area contributed by atoms with E-state index in [-0.39, 0.29) is 11.7 Å². The van der Waals surface area contributed by atoms with E-state index in [1.54, 1.807) is 20.0 Å². The first-order valence-corrected chi connectivity index (χ1v) is 7.90. The summed E-state index contributed by atoms with van der Waals surface area (Å²) >= 11 is 0. The number of hydrogen-bond acceptors (Lipinski definition) is 8. The second-order valence-electron chi connectivity index (χ2n) is 4.83. The molecule has 0 atom stereocenters. The summed E-state index contributed by atoms with van der Waals surface area (Å²) in [6, 6.07) is 0.000371. The number of amides is 1. The maximum absolute atomic E-state index is 11.9. The molecule has 11 heteroatoms. The molecule has 124 valence electrons. The van der Waals surface area contributed by atoms with Gasteiger partial charge in [-0.15, -0.1) is 0 Å². The van der Waals surface area contributed by atoms with Crippen LogP contribution in [-0.2, 0) is 10.2 Å². The van der Waals surface area contributed by atoms with Crippen LogP contribution in [0.25, 0.3) is 0 Å². The molecule has 23 heavy (non-hydrogen) atoms. The predicted molar refractivity (Wildman–Crippen MR) is 81.4 cm³/mol. The lowest BCUT2D eigenvalue weighted by atomic mass is 10.4. The fourth-order valence-corrected chi connectivity index (χ4v) is 1.97. The average molecular weight is 340 g/mol. The van der Waals surface area contributed by atoms with Crippen LogP contribution in [0, 0.1) is 13.8 Å². The largest absolute Gasteiger partial charge is 0.431 e. The lowest BCUT2D eigenvalue weighted by Crippen LogP contribution is -2.39. The molecule has 0 aromatic carbocycles. The van der Waals surface area contributed by atoms with E-state index in [9.17, 15) is 13.2 Å². The molecule has 2 rings (SSSR count). The summed E-state index contributed by atoms with van der Waals surface area (Å²) in [6.07, 6.45) is 2.66. The lowest BCUT2D eigenvalue weighted by molar-refractivity contribution is 0.0975. The molecule has 0 saturated heterocycles. The van der Waals surface area contributed by atoms with Crippen LogP contribution in [0.1, 0.15) is 21.9 Å². The van der Waals surface area contributed by atoms with Crippen LogP contribution in [-0.4, -0.2) is 47.7 Å². The van der Waals surface area contributed by atoms with Crippen LogP contribution in [0.15, 0.2) is 16.9 Å². The van der Waals surface area contributed by atoms with Crippen molar-refractivity contribution in [3.05, 3.63) is 29.5 Å². The van der Waals surface area contributed by atoms with E-state index in [1.165, 1.54) is 14.1 Å². The maximum Gasteiger partial charge on any atom is 0.303 e. The molecule has 0 spiro atoms. The molecule has 10 nitrogen and oxygen atoms in total. The van der Waals surface area contributed by atoms with Gasteiger partial charge in [0.15, 0.2) is 11.5 Å². The molecule has 0 fully saturated rings. The molecule has 2 N–H and O–H groups in total. The van der Waals surface area contributed by atoms with Gasteiger partial charge in [-0.05, 0) is 13.8 Å². The number of rotatable bonds is 5. The van der Waals surface area contributed by atoms with Gasteiger partial charge in [-0.3, -0.25) is 15.1 Å². The molecule has 2 aromatic heterocycles. The summed E-state index contributed by atoms with van der Waals surface area (Å²) in [4.78, 5) is 24.1. The number of nitrogens with one attached hydrogen (secondary N) is 2. The lowest BCUT2D eigenvalue weighted by Gasteiger charge is -2.10. The second-order valence-corrected chi connectivity index (χ2v) is 6.71. The highest BCUT2D eigenvalue weighted by atomic mass is 32.2. The van der Waals surface area contributed by atoms with Crippen molar-refractivity contribution in [3.63, 3.8) is 0 Å². The van der Waals surface area contributed by atoms with Gasteiger partial charge in [0, 0.05) is 20.3 Å². The molecular formula is C12H16N6O4S. The average Bonchev–Trinajstić information content (AvgIpc) is 2.91. The Labute approximate surface area is 133 Å². The third kappa shape index (κ3) is 4.02. The molecule has 0 saturated carbocycles. The Morgan fingerprint density at radius 3 is 2.61 bits per heavy atom. The van der Waals surface area contributed by atoms with Crippen molar-refractivity contribution in [1.82, 2.24) is 24.0 Å². The Morgan fingerprint density at radius 1 is 1.26 bits per heavy atom. The molecule has 2 aromatic rings. The van der Waals surface area contributed by atoms with Gasteiger partial charge in [0.05, 0.1) is 11.4 Å². The van der Waals surface area contributed by atoms with Gasteiger partial charge < -0.3 is 4.42 Å². The van der Waals surface area contributed by atoms with Crippen LogP contribution >= 0.6 is 0 Å². The minimum atomic E-state index is -3.90. The van der Waals surface area contributed by atoms with Crippen molar-refractivity contribution in [1.29, 1.82) is 0 Å². The zero-order valence-corrected chi connectivity index (χ0v) is 13.8. The van der Waals surface area contributed by atoms with Gasteiger partial charge >= 0.3 is 16.2 Å². The second kappa shape index (κ2) is 6.30. The van der Waals surface area contributed by atoms with Gasteiger partial charge in [0.1, 0.15) is 6.26 Å². The van der Waals surface area contributed by atoms with Gasteiger partial charge in [0.2, 0.25) is 0 Å². The quantitative estimate of drug-likeness (QED) is 0.798. The highest BCUT2D eigenvalue weighted by molar-refractivity contribution is 7.87. The van der Waals surface area contributed by atoms with Crippen LogP contribution in [0.2, 0.25) is 0 Å². The summed E-state index contributed by atoms with van der Waals surface area (Å²) in [5.74, 6) is -0.470. The van der Waals surface area contributed by atoms with Crippen molar-refractivity contribution >= 4 is 27.9 Å². The predicted octanol–water partition coefficient (Wildman–Crippen LogP) is 0.361. The Hall–Kier alpha value is -2.53. The van der Waals surface area contributed by atoms with Crippen molar-refractivity contribution in [2.45, 2.75) is 13.8 Å². The van der Waals surface area contributed by atoms with Crippen LogP contribution in [0.3, 0.4) is 0 Å². The number of oxazole rings is 1. The smallest absolute Gasteiger partial charge is 0.303 e. The first-order valence-electron chi connectivity index (χ1n) is 6.46. The Bertz CT molecular complexity index is 830. The fourth-order valence-electron chi connectivity index (χ4n) is 1.45. The van der Waals surface area contributed by atoms with E-state index in [4.69, 9.17) is 4.42 Å². The summed E-state index contributed by atoms with van der Waals surface area (Å²) in [5.41, 5.74) is 1.13. The first-order chi connectivity index (χ1) is 10.7. The van der Waals surface area contributed by atoms with Crippen molar-refractivity contribution in [3.8, 4) is 0 Å². The minimum Gasteiger partial charge on any atom is -0.431 e. The molecule has 0 radical (unpaired) electrons. The maximum atomic E-state index is 11.9. The zero-order valence-electron chi connectivity index (χ0n) is 13.0. The molecule has 1 amide bonds. The van der Waals surface area contributed by atoms with E-state index in [1.807, 2.05) is 4.72 Å². The van der Waals surface area contributed by atoms with E-state index >= 15 is 0 Å². The Balaban J connectivity index is 2.15. The van der Waals surface area contributed by atoms with Crippen LogP contribution < -0.4 is 10.0 Å². The molecule has 0 aliphatic carbocycles. The number of carbonyl (C=O) groups excluding carboxylic acids is 1. The van der Waals surface area contributed by atoms with Crippen LogP contribution in [0.4, 0.5) is 11.8 Å². The molecule has 0 aliphatic rings. The highest BCUT2D eigenvalue weighted by Crippen LogP contribution is 2.16. The Morgan fingerprint density at radius 2 is 1.96 bits per heavy atom. The Kier molecular flexibility index (Phi) is 4.61. The number of anilines is 2. The third-order valence-corrected chi connectivity index (χ3v) is 4.15. The SMILES string of the molecule is Cc1cnc(C)c(Nc2nc(C(=O)NS(=O)(=O)N(C)C)co2)n1. The number of aryl methyl sites for hydroxylation is 2. The number of hydrogen-bond donors (Lipinski definition) is 2.